The number of fused-ring (bicyclic) bond motifs is 1. The molecule has 6 nitrogen and oxygen atoms in total. The van der Waals surface area contributed by atoms with Crippen LogP contribution in [0.2, 0.25) is 0 Å². The molecule has 1 atom stereocenters. The molecular weight excluding hydrogens is 352 g/mol. The van der Waals surface area contributed by atoms with Gasteiger partial charge in [-0.1, -0.05) is 13.0 Å². The molecule has 0 spiro atoms. The number of ether oxygens (including phenoxy) is 1. The van der Waals surface area contributed by atoms with Crippen LogP contribution in [-0.2, 0) is 27.8 Å². The maximum absolute atomic E-state index is 13.0. The van der Waals surface area contributed by atoms with Gasteiger partial charge in [-0.2, -0.15) is 0 Å². The number of methoxy groups -OCH3 is 1. The van der Waals surface area contributed by atoms with Gasteiger partial charge in [-0.3, -0.25) is 4.79 Å². The Labute approximate surface area is 156 Å². The Kier molecular flexibility index (Phi) is 5.87. The van der Waals surface area contributed by atoms with Gasteiger partial charge in [-0.05, 0) is 48.9 Å². The zero-order valence-corrected chi connectivity index (χ0v) is 16.4. The molecule has 1 aromatic rings. The summed E-state index contributed by atoms with van der Waals surface area (Å²) in [6.45, 7) is 3.98. The van der Waals surface area contributed by atoms with Crippen molar-refractivity contribution in [3.8, 4) is 5.75 Å². The van der Waals surface area contributed by atoms with Gasteiger partial charge in [0.2, 0.25) is 15.9 Å². The molecule has 2 aliphatic rings. The van der Waals surface area contributed by atoms with Crippen LogP contribution in [0.1, 0.15) is 37.3 Å². The van der Waals surface area contributed by atoms with E-state index in [0.29, 0.717) is 32.6 Å². The minimum atomic E-state index is -3.24. The number of carbonyl (C=O) groups excluding carboxylic acids is 1. The van der Waals surface area contributed by atoms with Gasteiger partial charge in [0.15, 0.2) is 0 Å². The number of amides is 1. The van der Waals surface area contributed by atoms with Crippen LogP contribution in [0.4, 0.5) is 0 Å². The fourth-order valence-electron chi connectivity index (χ4n) is 3.89. The molecule has 26 heavy (non-hydrogen) atoms. The number of benzene rings is 1. The number of nitrogens with zero attached hydrogens (tertiary/aromatic N) is 2. The minimum Gasteiger partial charge on any atom is -0.497 e. The maximum atomic E-state index is 13.0. The minimum absolute atomic E-state index is 0.0786. The Morgan fingerprint density at radius 3 is 2.81 bits per heavy atom. The van der Waals surface area contributed by atoms with Crippen molar-refractivity contribution < 1.29 is 17.9 Å². The lowest BCUT2D eigenvalue weighted by Gasteiger charge is -2.36. The van der Waals surface area contributed by atoms with Gasteiger partial charge >= 0.3 is 0 Å². The zero-order valence-electron chi connectivity index (χ0n) is 15.6. The third-order valence-corrected chi connectivity index (χ3v) is 7.37. The summed E-state index contributed by atoms with van der Waals surface area (Å²) in [5.41, 5.74) is 2.38. The molecule has 1 aromatic carbocycles. The van der Waals surface area contributed by atoms with Crippen molar-refractivity contribution in [2.24, 2.45) is 5.92 Å². The molecule has 144 valence electrons. The first-order valence-electron chi connectivity index (χ1n) is 9.37. The Morgan fingerprint density at radius 1 is 1.27 bits per heavy atom. The molecule has 1 unspecified atom stereocenters. The van der Waals surface area contributed by atoms with Gasteiger partial charge in [0.25, 0.3) is 0 Å². The Balaban J connectivity index is 1.69. The topological polar surface area (TPSA) is 66.9 Å². The molecule has 0 bridgehead atoms. The molecule has 7 heteroatoms. The van der Waals surface area contributed by atoms with Crippen LogP contribution >= 0.6 is 0 Å². The molecule has 0 radical (unpaired) electrons. The fraction of sp³-hybridized carbons (Fsp3) is 0.632. The van der Waals surface area contributed by atoms with E-state index in [-0.39, 0.29) is 17.6 Å². The molecule has 1 fully saturated rings. The van der Waals surface area contributed by atoms with E-state index >= 15 is 0 Å². The van der Waals surface area contributed by atoms with E-state index in [9.17, 15) is 13.2 Å². The summed E-state index contributed by atoms with van der Waals surface area (Å²) < 4.78 is 31.5. The van der Waals surface area contributed by atoms with Crippen molar-refractivity contribution in [2.75, 3.05) is 32.5 Å². The first-order valence-corrected chi connectivity index (χ1v) is 11.0. The van der Waals surface area contributed by atoms with Gasteiger partial charge in [-0.15, -0.1) is 0 Å². The molecule has 2 heterocycles. The summed E-state index contributed by atoms with van der Waals surface area (Å²) >= 11 is 0. The highest BCUT2D eigenvalue weighted by atomic mass is 32.2. The van der Waals surface area contributed by atoms with E-state index < -0.39 is 10.0 Å². The second-order valence-corrected chi connectivity index (χ2v) is 9.25. The first kappa shape index (κ1) is 19.2. The lowest BCUT2D eigenvalue weighted by molar-refractivity contribution is -0.137. The third-order valence-electron chi connectivity index (χ3n) is 5.33. The molecule has 1 amide bonds. The van der Waals surface area contributed by atoms with Crippen LogP contribution in [0.25, 0.3) is 0 Å². The molecule has 0 saturated carbocycles. The van der Waals surface area contributed by atoms with Gasteiger partial charge in [0.05, 0.1) is 18.8 Å². The normalized spacial score (nSPS) is 21.3. The number of hydrogen-bond acceptors (Lipinski definition) is 4. The average Bonchev–Trinajstić information content (AvgIpc) is 2.66. The van der Waals surface area contributed by atoms with Crippen LogP contribution in [-0.4, -0.2) is 56.0 Å². The summed E-state index contributed by atoms with van der Waals surface area (Å²) in [6, 6.07) is 6.01. The van der Waals surface area contributed by atoms with Crippen LogP contribution in [0.15, 0.2) is 18.2 Å². The summed E-state index contributed by atoms with van der Waals surface area (Å²) in [5, 5.41) is 0. The number of piperidine rings is 1. The summed E-state index contributed by atoms with van der Waals surface area (Å²) in [6.07, 6.45) is 2.94. The quantitative estimate of drug-likeness (QED) is 0.784. The number of rotatable bonds is 5. The molecule has 0 N–H and O–H groups in total. The van der Waals surface area contributed by atoms with Crippen molar-refractivity contribution in [2.45, 2.75) is 39.2 Å². The fourth-order valence-corrected chi connectivity index (χ4v) is 5.48. The molecule has 0 aromatic heterocycles. The predicted molar refractivity (Wildman–Crippen MR) is 100 cm³/mol. The van der Waals surface area contributed by atoms with Crippen molar-refractivity contribution in [3.05, 3.63) is 29.3 Å². The Morgan fingerprint density at radius 2 is 2.08 bits per heavy atom. The van der Waals surface area contributed by atoms with Gasteiger partial charge in [0.1, 0.15) is 5.75 Å². The van der Waals surface area contributed by atoms with Crippen LogP contribution in [0.3, 0.4) is 0 Å². The monoisotopic (exact) mass is 380 g/mol. The van der Waals surface area contributed by atoms with Crippen molar-refractivity contribution in [1.29, 1.82) is 0 Å². The number of carbonyl (C=O) groups is 1. The highest BCUT2D eigenvalue weighted by Crippen LogP contribution is 2.27. The van der Waals surface area contributed by atoms with Gasteiger partial charge < -0.3 is 9.64 Å². The maximum Gasteiger partial charge on any atom is 0.227 e. The molecular formula is C19H28N2O4S. The highest BCUT2D eigenvalue weighted by Gasteiger charge is 2.34. The van der Waals surface area contributed by atoms with E-state index in [1.54, 1.807) is 7.11 Å². The second-order valence-electron chi connectivity index (χ2n) is 7.16. The predicted octanol–water partition coefficient (Wildman–Crippen LogP) is 2.03. The SMILES string of the molecule is CCCS(=O)(=O)N1CCCC(C(=O)N2CCc3ccc(OC)cc3C2)C1. The van der Waals surface area contributed by atoms with E-state index in [0.717, 1.165) is 30.6 Å². The highest BCUT2D eigenvalue weighted by molar-refractivity contribution is 7.89. The molecule has 0 aliphatic carbocycles. The van der Waals surface area contributed by atoms with Crippen LogP contribution in [0.5, 0.6) is 5.75 Å². The van der Waals surface area contributed by atoms with E-state index in [1.165, 1.54) is 9.87 Å². The molecule has 3 rings (SSSR count). The lowest BCUT2D eigenvalue weighted by atomic mass is 9.94. The first-order chi connectivity index (χ1) is 12.4. The molecule has 1 saturated heterocycles. The summed E-state index contributed by atoms with van der Waals surface area (Å²) in [4.78, 5) is 14.9. The van der Waals surface area contributed by atoms with Gasteiger partial charge in [0, 0.05) is 26.2 Å². The van der Waals surface area contributed by atoms with E-state index in [2.05, 4.69) is 6.07 Å². The van der Waals surface area contributed by atoms with Crippen molar-refractivity contribution in [1.82, 2.24) is 9.21 Å². The van der Waals surface area contributed by atoms with Crippen molar-refractivity contribution >= 4 is 15.9 Å². The average molecular weight is 381 g/mol. The number of sulfonamides is 1. The number of hydrogen-bond donors (Lipinski definition) is 0. The largest absolute Gasteiger partial charge is 0.497 e. The van der Waals surface area contributed by atoms with E-state index in [1.807, 2.05) is 24.0 Å². The Hall–Kier alpha value is -1.60. The zero-order chi connectivity index (χ0) is 18.7. The smallest absolute Gasteiger partial charge is 0.227 e. The third kappa shape index (κ3) is 4.04. The standard InChI is InChI=1S/C19H28N2O4S/c1-3-11-26(23,24)21-9-4-5-16(14-21)19(22)20-10-8-15-6-7-18(25-2)12-17(15)13-20/h6-7,12,16H,3-5,8-11,13-14H2,1-2H3. The van der Waals surface area contributed by atoms with Crippen LogP contribution < -0.4 is 4.74 Å². The van der Waals surface area contributed by atoms with Crippen LogP contribution in [0, 0.1) is 5.92 Å². The van der Waals surface area contributed by atoms with Gasteiger partial charge in [-0.25, -0.2) is 12.7 Å². The second kappa shape index (κ2) is 7.96. The molecule has 2 aliphatic heterocycles. The van der Waals surface area contributed by atoms with Crippen molar-refractivity contribution in [3.63, 3.8) is 0 Å². The van der Waals surface area contributed by atoms with E-state index in [4.69, 9.17) is 4.74 Å². The Bertz CT molecular complexity index is 763. The summed E-state index contributed by atoms with van der Waals surface area (Å²) in [7, 11) is -1.60. The summed E-state index contributed by atoms with van der Waals surface area (Å²) in [5.74, 6) is 0.801. The lowest BCUT2D eigenvalue weighted by Crippen LogP contribution is -2.48.